The number of hydrogen-bond donors (Lipinski definition) is 0. The minimum absolute atomic E-state index is 0.0274. The van der Waals surface area contributed by atoms with E-state index < -0.39 is 13.1 Å². The molecule has 0 aliphatic heterocycles. The summed E-state index contributed by atoms with van der Waals surface area (Å²) in [5, 5.41) is 0. The molecule has 0 saturated heterocycles. The normalized spacial score (nSPS) is 12.8. The minimum atomic E-state index is -2.72. The van der Waals surface area contributed by atoms with Crippen LogP contribution in [0.15, 0.2) is 54.6 Å². The lowest BCUT2D eigenvalue weighted by Gasteiger charge is -2.19. The monoisotopic (exact) mass is 368 g/mol. The molecule has 2 aromatic rings. The third-order valence-electron chi connectivity index (χ3n) is 4.64. The van der Waals surface area contributed by atoms with Crippen LogP contribution in [0.2, 0.25) is 0 Å². The first-order valence-electron chi connectivity index (χ1n) is 9.15. The average molecular weight is 368 g/mol. The van der Waals surface area contributed by atoms with Crippen molar-refractivity contribution in [3.63, 3.8) is 0 Å². The zero-order valence-electron chi connectivity index (χ0n) is 16.9. The van der Waals surface area contributed by atoms with Gasteiger partial charge in [-0.25, -0.2) is 0 Å². The van der Waals surface area contributed by atoms with E-state index in [1.165, 1.54) is 0 Å². The molecule has 0 spiro atoms. The Hall–Kier alpha value is -2.23. The Kier molecular flexibility index (Phi) is 6.09. The third-order valence-corrected chi connectivity index (χ3v) is 4.64. The zero-order chi connectivity index (χ0) is 20.4. The lowest BCUT2D eigenvalue weighted by Crippen LogP contribution is -2.12. The second-order valence-electron chi connectivity index (χ2n) is 8.92. The Labute approximate surface area is 161 Å². The van der Waals surface area contributed by atoms with Crippen LogP contribution >= 0.6 is 0 Å². The topological polar surface area (TPSA) is 17.1 Å². The molecule has 0 aliphatic rings. The van der Waals surface area contributed by atoms with E-state index in [-0.39, 0.29) is 16.3 Å². The Balaban J connectivity index is 2.33. The number of allylic oxidation sites excluding steroid dienone is 1. The van der Waals surface area contributed by atoms with Crippen molar-refractivity contribution < 1.29 is 13.4 Å². The van der Waals surface area contributed by atoms with Gasteiger partial charge in [0.05, 0.1) is 0 Å². The van der Waals surface area contributed by atoms with Crippen molar-refractivity contribution in [1.82, 2.24) is 0 Å². The third kappa shape index (κ3) is 5.38. The van der Waals surface area contributed by atoms with Gasteiger partial charge in [-0.05, 0) is 33.6 Å². The van der Waals surface area contributed by atoms with Crippen LogP contribution < -0.4 is 0 Å². The summed E-state index contributed by atoms with van der Waals surface area (Å²) in [5.74, 6) is -0.411. The van der Waals surface area contributed by atoms with E-state index in [0.717, 1.165) is 17.2 Å². The molecule has 27 heavy (non-hydrogen) atoms. The Bertz CT molecular complexity index is 821. The first-order chi connectivity index (χ1) is 12.4. The summed E-state index contributed by atoms with van der Waals surface area (Å²) in [5.41, 5.74) is 2.60. The van der Waals surface area contributed by atoms with Crippen molar-refractivity contribution in [3.05, 3.63) is 76.9 Å². The standard InChI is InChI=1S/C23H27BF2O/c1-22(2,3)18-11-7-16(8-12-18)20(24(25)26)15-21(27)17-9-13-19(14-10-17)23(4,5)6/h7-15H,1-6H3/b20-15-. The summed E-state index contributed by atoms with van der Waals surface area (Å²) in [6.07, 6.45) is 1.06. The summed E-state index contributed by atoms with van der Waals surface area (Å²) in [6.45, 7) is 12.4. The van der Waals surface area contributed by atoms with Crippen LogP contribution in [0.3, 0.4) is 0 Å². The van der Waals surface area contributed by atoms with Gasteiger partial charge in [0.15, 0.2) is 5.78 Å². The fourth-order valence-corrected chi connectivity index (χ4v) is 2.79. The van der Waals surface area contributed by atoms with Crippen LogP contribution in [0.1, 0.15) is 68.6 Å². The quantitative estimate of drug-likeness (QED) is 0.341. The summed E-state index contributed by atoms with van der Waals surface area (Å²) in [4.78, 5) is 12.5. The molecular weight excluding hydrogens is 341 g/mol. The van der Waals surface area contributed by atoms with Crippen molar-refractivity contribution >= 4 is 18.5 Å². The van der Waals surface area contributed by atoms with Gasteiger partial charge in [0.2, 0.25) is 0 Å². The van der Waals surface area contributed by atoms with Gasteiger partial charge < -0.3 is 0 Å². The molecule has 4 heteroatoms. The van der Waals surface area contributed by atoms with Gasteiger partial charge in [0.25, 0.3) is 0 Å². The van der Waals surface area contributed by atoms with Gasteiger partial charge in [0.1, 0.15) is 0 Å². The smallest absolute Gasteiger partial charge is 0.289 e. The van der Waals surface area contributed by atoms with E-state index in [9.17, 15) is 13.4 Å². The number of halogens is 2. The second kappa shape index (κ2) is 7.79. The second-order valence-corrected chi connectivity index (χ2v) is 8.92. The van der Waals surface area contributed by atoms with Crippen molar-refractivity contribution in [3.8, 4) is 0 Å². The molecule has 2 rings (SSSR count). The summed E-state index contributed by atoms with van der Waals surface area (Å²) in [7, 11) is -2.72. The van der Waals surface area contributed by atoms with Crippen LogP contribution in [0.25, 0.3) is 5.47 Å². The van der Waals surface area contributed by atoms with Crippen LogP contribution in [0, 0.1) is 0 Å². The lowest BCUT2D eigenvalue weighted by molar-refractivity contribution is 0.104. The lowest BCUT2D eigenvalue weighted by atomic mass is 9.77. The van der Waals surface area contributed by atoms with E-state index in [2.05, 4.69) is 41.5 Å². The van der Waals surface area contributed by atoms with Crippen molar-refractivity contribution in [1.29, 1.82) is 0 Å². The predicted octanol–water partition coefficient (Wildman–Crippen LogP) is 6.51. The molecule has 0 unspecified atom stereocenters. The van der Waals surface area contributed by atoms with E-state index in [4.69, 9.17) is 0 Å². The van der Waals surface area contributed by atoms with E-state index in [1.54, 1.807) is 24.3 Å². The Morgan fingerprint density at radius 2 is 1.11 bits per heavy atom. The Morgan fingerprint density at radius 3 is 1.44 bits per heavy atom. The van der Waals surface area contributed by atoms with Gasteiger partial charge in [0, 0.05) is 11.0 Å². The van der Waals surface area contributed by atoms with Gasteiger partial charge >= 0.3 is 7.27 Å². The van der Waals surface area contributed by atoms with Crippen LogP contribution in [-0.2, 0) is 10.8 Å². The maximum absolute atomic E-state index is 13.6. The van der Waals surface area contributed by atoms with Crippen LogP contribution in [-0.4, -0.2) is 13.1 Å². The fraction of sp³-hybridized carbons (Fsp3) is 0.348. The maximum Gasteiger partial charge on any atom is 0.572 e. The van der Waals surface area contributed by atoms with Crippen LogP contribution in [0.4, 0.5) is 8.63 Å². The molecule has 0 radical (unpaired) electrons. The fourth-order valence-electron chi connectivity index (χ4n) is 2.79. The molecule has 0 N–H and O–H groups in total. The van der Waals surface area contributed by atoms with Gasteiger partial charge in [-0.3, -0.25) is 13.4 Å². The largest absolute Gasteiger partial charge is 0.572 e. The van der Waals surface area contributed by atoms with Crippen molar-refractivity contribution in [2.45, 2.75) is 52.4 Å². The van der Waals surface area contributed by atoms with Crippen LogP contribution in [0.5, 0.6) is 0 Å². The van der Waals surface area contributed by atoms with Gasteiger partial charge in [-0.15, -0.1) is 0 Å². The zero-order valence-corrected chi connectivity index (χ0v) is 16.9. The first-order valence-corrected chi connectivity index (χ1v) is 9.15. The number of benzene rings is 2. The number of hydrogen-bond acceptors (Lipinski definition) is 1. The molecule has 0 fully saturated rings. The highest BCUT2D eigenvalue weighted by Crippen LogP contribution is 2.27. The molecular formula is C23H27BF2O. The molecule has 142 valence electrons. The summed E-state index contributed by atoms with van der Waals surface area (Å²) >= 11 is 0. The predicted molar refractivity (Wildman–Crippen MR) is 111 cm³/mol. The maximum atomic E-state index is 13.6. The number of rotatable bonds is 4. The molecule has 0 aliphatic carbocycles. The molecule has 2 aromatic carbocycles. The van der Waals surface area contributed by atoms with Crippen molar-refractivity contribution in [2.24, 2.45) is 0 Å². The number of carbonyl (C=O) groups is 1. The average Bonchev–Trinajstić information content (AvgIpc) is 2.58. The highest BCUT2D eigenvalue weighted by atomic mass is 19.2. The number of carbonyl (C=O) groups excluding carboxylic acids is 1. The first kappa shape index (κ1) is 21.1. The minimum Gasteiger partial charge on any atom is -0.289 e. The van der Waals surface area contributed by atoms with E-state index >= 15 is 0 Å². The Morgan fingerprint density at radius 1 is 0.741 bits per heavy atom. The highest BCUT2D eigenvalue weighted by molar-refractivity contribution is 6.68. The summed E-state index contributed by atoms with van der Waals surface area (Å²) < 4.78 is 27.2. The molecule has 0 amide bonds. The molecule has 0 heterocycles. The highest BCUT2D eigenvalue weighted by Gasteiger charge is 2.24. The van der Waals surface area contributed by atoms with E-state index in [1.807, 2.05) is 24.3 Å². The molecule has 1 nitrogen and oxygen atoms in total. The number of ketones is 1. The van der Waals surface area contributed by atoms with Gasteiger partial charge in [-0.1, -0.05) is 90.1 Å². The molecule has 0 atom stereocenters. The SMILES string of the molecule is CC(C)(C)c1ccc(C(=O)/C=C(\B(F)F)c2ccc(C(C)(C)C)cc2)cc1. The molecule has 0 saturated carbocycles. The van der Waals surface area contributed by atoms with E-state index in [0.29, 0.717) is 11.1 Å². The van der Waals surface area contributed by atoms with Gasteiger partial charge in [-0.2, -0.15) is 0 Å². The van der Waals surface area contributed by atoms with Crippen molar-refractivity contribution in [2.75, 3.05) is 0 Å². The molecule has 0 aromatic heterocycles. The molecule has 0 bridgehead atoms. The summed E-state index contributed by atoms with van der Waals surface area (Å²) in [6, 6.07) is 14.2.